The van der Waals surface area contributed by atoms with E-state index in [0.717, 1.165) is 12.0 Å². The fourth-order valence-corrected chi connectivity index (χ4v) is 3.35. The summed E-state index contributed by atoms with van der Waals surface area (Å²) in [6.45, 7) is 2.04. The summed E-state index contributed by atoms with van der Waals surface area (Å²) in [5.74, 6) is -1.72. The Bertz CT molecular complexity index is 1040. The SMILES string of the molecule is CCc1ccc(N2C(=O)C(O)=C(C(=O)c3ccco3)C2c2ccccn2)cc1. The predicted octanol–water partition coefficient (Wildman–Crippen LogP) is 4.02. The zero-order chi connectivity index (χ0) is 19.7. The number of aryl methyl sites for hydroxylation is 1. The Kier molecular flexibility index (Phi) is 4.53. The molecular weight excluding hydrogens is 356 g/mol. The lowest BCUT2D eigenvalue weighted by atomic mass is 9.98. The van der Waals surface area contributed by atoms with Crippen molar-refractivity contribution in [2.45, 2.75) is 19.4 Å². The highest BCUT2D eigenvalue weighted by molar-refractivity contribution is 6.20. The second-order valence-electron chi connectivity index (χ2n) is 6.42. The minimum absolute atomic E-state index is 0.0433. The summed E-state index contributed by atoms with van der Waals surface area (Å²) >= 11 is 0. The van der Waals surface area contributed by atoms with Gasteiger partial charge in [0.25, 0.3) is 5.91 Å². The molecule has 1 amide bonds. The third-order valence-electron chi connectivity index (χ3n) is 4.79. The van der Waals surface area contributed by atoms with E-state index in [1.54, 1.807) is 42.6 Å². The number of Topliss-reactive ketones (excluding diaryl/α,β-unsaturated/α-hetero) is 1. The number of rotatable bonds is 5. The molecule has 0 radical (unpaired) electrons. The highest BCUT2D eigenvalue weighted by Gasteiger charge is 2.45. The molecule has 28 heavy (non-hydrogen) atoms. The van der Waals surface area contributed by atoms with Gasteiger partial charge in [-0.2, -0.15) is 0 Å². The third kappa shape index (κ3) is 2.89. The van der Waals surface area contributed by atoms with Crippen molar-refractivity contribution in [1.29, 1.82) is 0 Å². The van der Waals surface area contributed by atoms with Gasteiger partial charge in [-0.1, -0.05) is 25.1 Å². The number of amides is 1. The molecule has 0 fully saturated rings. The van der Waals surface area contributed by atoms with Crippen LogP contribution in [0.25, 0.3) is 0 Å². The average Bonchev–Trinajstić information content (AvgIpc) is 3.36. The molecule has 0 saturated heterocycles. The Morgan fingerprint density at radius 2 is 1.93 bits per heavy atom. The molecule has 4 rings (SSSR count). The van der Waals surface area contributed by atoms with Crippen molar-refractivity contribution < 1.29 is 19.1 Å². The number of nitrogens with zero attached hydrogens (tertiary/aromatic N) is 2. The average molecular weight is 374 g/mol. The monoisotopic (exact) mass is 374 g/mol. The van der Waals surface area contributed by atoms with Gasteiger partial charge < -0.3 is 9.52 Å². The number of aliphatic hydroxyl groups is 1. The first kappa shape index (κ1) is 17.7. The molecule has 0 saturated carbocycles. The Balaban J connectivity index is 1.85. The first-order chi connectivity index (χ1) is 13.6. The van der Waals surface area contributed by atoms with Gasteiger partial charge in [0, 0.05) is 11.9 Å². The van der Waals surface area contributed by atoms with Crippen molar-refractivity contribution in [2.24, 2.45) is 0 Å². The van der Waals surface area contributed by atoms with E-state index in [4.69, 9.17) is 4.42 Å². The number of carbonyl (C=O) groups excluding carboxylic acids is 2. The van der Waals surface area contributed by atoms with Gasteiger partial charge in [0.15, 0.2) is 11.5 Å². The lowest BCUT2D eigenvalue weighted by Gasteiger charge is -2.26. The zero-order valence-electron chi connectivity index (χ0n) is 15.2. The van der Waals surface area contributed by atoms with Gasteiger partial charge in [-0.15, -0.1) is 0 Å². The van der Waals surface area contributed by atoms with E-state index in [1.165, 1.54) is 17.2 Å². The summed E-state index contributed by atoms with van der Waals surface area (Å²) in [5.41, 5.74) is 2.13. The molecule has 1 aromatic carbocycles. The lowest BCUT2D eigenvalue weighted by molar-refractivity contribution is -0.117. The lowest BCUT2D eigenvalue weighted by Crippen LogP contribution is -2.31. The number of pyridine rings is 1. The molecule has 0 bridgehead atoms. The second kappa shape index (κ2) is 7.15. The van der Waals surface area contributed by atoms with Crippen molar-refractivity contribution >= 4 is 17.4 Å². The molecule has 1 N–H and O–H groups in total. The summed E-state index contributed by atoms with van der Waals surface area (Å²) < 4.78 is 5.20. The Morgan fingerprint density at radius 3 is 2.54 bits per heavy atom. The van der Waals surface area contributed by atoms with Crippen LogP contribution in [-0.2, 0) is 11.2 Å². The third-order valence-corrected chi connectivity index (χ3v) is 4.79. The Morgan fingerprint density at radius 1 is 1.14 bits per heavy atom. The first-order valence-corrected chi connectivity index (χ1v) is 8.96. The molecular formula is C22H18N2O4. The molecule has 1 aliphatic rings. The molecule has 3 aromatic rings. The van der Waals surface area contributed by atoms with E-state index in [1.807, 2.05) is 19.1 Å². The molecule has 2 aromatic heterocycles. The highest BCUT2D eigenvalue weighted by Crippen LogP contribution is 2.41. The van der Waals surface area contributed by atoms with Crippen LogP contribution in [-0.4, -0.2) is 21.8 Å². The van der Waals surface area contributed by atoms with Crippen molar-refractivity contribution in [1.82, 2.24) is 4.98 Å². The highest BCUT2D eigenvalue weighted by atomic mass is 16.3. The molecule has 6 nitrogen and oxygen atoms in total. The maximum Gasteiger partial charge on any atom is 0.294 e. The summed E-state index contributed by atoms with van der Waals surface area (Å²) in [4.78, 5) is 31.7. The van der Waals surface area contributed by atoms with E-state index >= 15 is 0 Å². The smallest absolute Gasteiger partial charge is 0.294 e. The maximum atomic E-state index is 13.0. The molecule has 1 unspecified atom stereocenters. The van der Waals surface area contributed by atoms with Crippen molar-refractivity contribution in [3.8, 4) is 0 Å². The molecule has 3 heterocycles. The van der Waals surface area contributed by atoms with Crippen LogP contribution in [0.1, 0.15) is 34.8 Å². The van der Waals surface area contributed by atoms with E-state index in [-0.39, 0.29) is 11.3 Å². The topological polar surface area (TPSA) is 83.6 Å². The van der Waals surface area contributed by atoms with Crippen LogP contribution in [0.3, 0.4) is 0 Å². The zero-order valence-corrected chi connectivity index (χ0v) is 15.2. The molecule has 1 atom stereocenters. The van der Waals surface area contributed by atoms with Gasteiger partial charge in [0.05, 0.1) is 17.5 Å². The molecule has 0 spiro atoms. The molecule has 6 heteroatoms. The number of ketones is 1. The minimum atomic E-state index is -0.848. The summed E-state index contributed by atoms with van der Waals surface area (Å²) in [7, 11) is 0. The quantitative estimate of drug-likeness (QED) is 0.682. The number of carbonyl (C=O) groups is 2. The van der Waals surface area contributed by atoms with Gasteiger partial charge in [-0.25, -0.2) is 0 Å². The van der Waals surface area contributed by atoms with Crippen LogP contribution >= 0.6 is 0 Å². The fourth-order valence-electron chi connectivity index (χ4n) is 3.35. The van der Waals surface area contributed by atoms with Gasteiger partial charge in [-0.05, 0) is 48.4 Å². The Labute approximate surface area is 161 Å². The van der Waals surface area contributed by atoms with Crippen LogP contribution in [0.5, 0.6) is 0 Å². The fraction of sp³-hybridized carbons (Fsp3) is 0.136. The van der Waals surface area contributed by atoms with Crippen LogP contribution < -0.4 is 4.90 Å². The normalized spacial score (nSPS) is 16.7. The summed E-state index contributed by atoms with van der Waals surface area (Å²) in [6.07, 6.45) is 3.82. The number of benzene rings is 1. The number of furan rings is 1. The molecule has 0 aliphatic carbocycles. The predicted molar refractivity (Wildman–Crippen MR) is 103 cm³/mol. The van der Waals surface area contributed by atoms with E-state index in [9.17, 15) is 14.7 Å². The van der Waals surface area contributed by atoms with Crippen LogP contribution in [0.15, 0.2) is 82.8 Å². The number of hydrogen-bond donors (Lipinski definition) is 1. The minimum Gasteiger partial charge on any atom is -0.503 e. The number of aromatic nitrogens is 1. The summed E-state index contributed by atoms with van der Waals surface area (Å²) in [5, 5.41) is 10.6. The Hall–Kier alpha value is -3.67. The van der Waals surface area contributed by atoms with E-state index in [0.29, 0.717) is 11.4 Å². The van der Waals surface area contributed by atoms with Gasteiger partial charge in [0.1, 0.15) is 6.04 Å². The molecule has 140 valence electrons. The second-order valence-corrected chi connectivity index (χ2v) is 6.42. The van der Waals surface area contributed by atoms with Crippen LogP contribution in [0.2, 0.25) is 0 Å². The number of aliphatic hydroxyl groups excluding tert-OH is 1. The van der Waals surface area contributed by atoms with Gasteiger partial charge in [0.2, 0.25) is 5.78 Å². The van der Waals surface area contributed by atoms with E-state index < -0.39 is 23.5 Å². The maximum absolute atomic E-state index is 13.0. The number of hydrogen-bond acceptors (Lipinski definition) is 5. The van der Waals surface area contributed by atoms with Gasteiger partial charge in [-0.3, -0.25) is 19.5 Å². The van der Waals surface area contributed by atoms with Crippen molar-refractivity contribution in [3.05, 3.63) is 95.4 Å². The van der Waals surface area contributed by atoms with Crippen LogP contribution in [0.4, 0.5) is 5.69 Å². The van der Waals surface area contributed by atoms with Crippen LogP contribution in [0, 0.1) is 0 Å². The van der Waals surface area contributed by atoms with E-state index in [2.05, 4.69) is 4.98 Å². The number of anilines is 1. The summed E-state index contributed by atoms with van der Waals surface area (Å²) in [6, 6.07) is 14.9. The van der Waals surface area contributed by atoms with Gasteiger partial charge >= 0.3 is 0 Å². The first-order valence-electron chi connectivity index (χ1n) is 8.96. The van der Waals surface area contributed by atoms with Crippen molar-refractivity contribution in [3.63, 3.8) is 0 Å². The largest absolute Gasteiger partial charge is 0.503 e. The molecule has 1 aliphatic heterocycles. The standard InChI is InChI=1S/C22H18N2O4/c1-2-14-8-10-15(11-9-14)24-19(16-6-3-4-12-23-16)18(21(26)22(24)27)20(25)17-7-5-13-28-17/h3-13,19,26H,2H2,1H3. The van der Waals surface area contributed by atoms with Crippen molar-refractivity contribution in [2.75, 3.05) is 4.90 Å².